The summed E-state index contributed by atoms with van der Waals surface area (Å²) >= 11 is 0. The molecule has 1 aliphatic rings. The average Bonchev–Trinajstić information content (AvgIpc) is 3.36. The summed E-state index contributed by atoms with van der Waals surface area (Å²) in [6.07, 6.45) is 3.54. The quantitative estimate of drug-likeness (QED) is 0.637. The number of hydrogen-bond acceptors (Lipinski definition) is 3. The third-order valence-corrected chi connectivity index (χ3v) is 5.52. The van der Waals surface area contributed by atoms with Crippen LogP contribution in [0.25, 0.3) is 11.0 Å². The Morgan fingerprint density at radius 1 is 1.03 bits per heavy atom. The summed E-state index contributed by atoms with van der Waals surface area (Å²) in [7, 11) is 0. The third kappa shape index (κ3) is 5.01. The lowest BCUT2D eigenvalue weighted by Crippen LogP contribution is -2.33. The minimum absolute atomic E-state index is 0.0645. The van der Waals surface area contributed by atoms with Gasteiger partial charge in [-0.3, -0.25) is 4.79 Å². The van der Waals surface area contributed by atoms with Crippen molar-refractivity contribution in [1.82, 2.24) is 19.8 Å². The standard InChI is InChI=1S/C23H27FN4O/c24-19-9-7-18(8-10-19)17-22-26-20-5-1-2-6-21(20)28(22)15-11-23(29)25-12-16-27-13-3-4-14-27/h1-2,5-10H,3-4,11-17H2,(H,25,29). The molecule has 1 amide bonds. The van der Waals surface area contributed by atoms with Crippen molar-refractivity contribution in [2.75, 3.05) is 26.2 Å². The van der Waals surface area contributed by atoms with Crippen molar-refractivity contribution in [3.8, 4) is 0 Å². The number of benzene rings is 2. The molecule has 152 valence electrons. The predicted octanol–water partition coefficient (Wildman–Crippen LogP) is 3.37. The average molecular weight is 394 g/mol. The van der Waals surface area contributed by atoms with Gasteiger partial charge in [-0.1, -0.05) is 24.3 Å². The van der Waals surface area contributed by atoms with Gasteiger partial charge in [-0.2, -0.15) is 0 Å². The molecule has 1 aliphatic heterocycles. The largest absolute Gasteiger partial charge is 0.355 e. The van der Waals surface area contributed by atoms with Crippen LogP contribution in [0.2, 0.25) is 0 Å². The molecule has 1 N–H and O–H groups in total. The fourth-order valence-electron chi connectivity index (χ4n) is 3.96. The normalized spacial score (nSPS) is 14.5. The SMILES string of the molecule is O=C(CCn1c(Cc2ccc(F)cc2)nc2ccccc21)NCCN1CCCC1. The molecule has 1 saturated heterocycles. The molecule has 4 rings (SSSR count). The van der Waals surface area contributed by atoms with Crippen LogP contribution in [0, 0.1) is 5.82 Å². The molecule has 0 saturated carbocycles. The van der Waals surface area contributed by atoms with Crippen LogP contribution in [-0.4, -0.2) is 46.5 Å². The van der Waals surface area contributed by atoms with Crippen molar-refractivity contribution in [3.63, 3.8) is 0 Å². The Morgan fingerprint density at radius 2 is 1.79 bits per heavy atom. The van der Waals surface area contributed by atoms with Crippen molar-refractivity contribution < 1.29 is 9.18 Å². The Labute approximate surface area is 170 Å². The van der Waals surface area contributed by atoms with E-state index in [1.165, 1.54) is 25.0 Å². The molecule has 0 radical (unpaired) electrons. The Kier molecular flexibility index (Phi) is 6.20. The number of aromatic nitrogens is 2. The highest BCUT2D eigenvalue weighted by Gasteiger charge is 2.14. The van der Waals surface area contributed by atoms with Crippen LogP contribution >= 0.6 is 0 Å². The molecular formula is C23H27FN4O. The zero-order valence-corrected chi connectivity index (χ0v) is 16.6. The Hall–Kier alpha value is -2.73. The van der Waals surface area contributed by atoms with Crippen LogP contribution in [0.3, 0.4) is 0 Å². The van der Waals surface area contributed by atoms with Crippen molar-refractivity contribution in [1.29, 1.82) is 0 Å². The lowest BCUT2D eigenvalue weighted by molar-refractivity contribution is -0.121. The zero-order valence-electron chi connectivity index (χ0n) is 16.6. The van der Waals surface area contributed by atoms with Gasteiger partial charge in [0.05, 0.1) is 11.0 Å². The maximum atomic E-state index is 13.2. The molecule has 0 aliphatic carbocycles. The van der Waals surface area contributed by atoms with Gasteiger partial charge in [-0.25, -0.2) is 9.37 Å². The number of likely N-dealkylation sites (tertiary alicyclic amines) is 1. The van der Waals surface area contributed by atoms with Crippen LogP contribution in [0.5, 0.6) is 0 Å². The van der Waals surface area contributed by atoms with Crippen molar-refractivity contribution in [2.45, 2.75) is 32.2 Å². The Bertz CT molecular complexity index is 961. The lowest BCUT2D eigenvalue weighted by Gasteiger charge is -2.15. The highest BCUT2D eigenvalue weighted by Crippen LogP contribution is 2.19. The number of para-hydroxylation sites is 2. The van der Waals surface area contributed by atoms with E-state index in [9.17, 15) is 9.18 Å². The highest BCUT2D eigenvalue weighted by molar-refractivity contribution is 5.78. The number of amides is 1. The van der Waals surface area contributed by atoms with Crippen molar-refractivity contribution in [3.05, 3.63) is 65.7 Å². The molecule has 29 heavy (non-hydrogen) atoms. The maximum absolute atomic E-state index is 13.2. The number of nitrogens with one attached hydrogen (secondary N) is 1. The molecule has 6 heteroatoms. The molecule has 0 unspecified atom stereocenters. The van der Waals surface area contributed by atoms with Crippen LogP contribution in [0.1, 0.15) is 30.7 Å². The first-order valence-electron chi connectivity index (χ1n) is 10.4. The number of carbonyl (C=O) groups is 1. The van der Waals surface area contributed by atoms with Gasteiger partial charge in [-0.05, 0) is 55.8 Å². The number of aryl methyl sites for hydroxylation is 1. The van der Waals surface area contributed by atoms with E-state index in [-0.39, 0.29) is 11.7 Å². The lowest BCUT2D eigenvalue weighted by atomic mass is 10.1. The summed E-state index contributed by atoms with van der Waals surface area (Å²) in [4.78, 5) is 19.5. The van der Waals surface area contributed by atoms with Gasteiger partial charge in [0, 0.05) is 32.5 Å². The monoisotopic (exact) mass is 394 g/mol. The molecule has 2 heterocycles. The second kappa shape index (κ2) is 9.18. The highest BCUT2D eigenvalue weighted by atomic mass is 19.1. The van der Waals surface area contributed by atoms with E-state index in [0.717, 1.165) is 42.1 Å². The number of hydrogen-bond donors (Lipinski definition) is 1. The van der Waals surface area contributed by atoms with Gasteiger partial charge in [0.25, 0.3) is 0 Å². The minimum atomic E-state index is -0.243. The van der Waals surface area contributed by atoms with E-state index in [1.807, 2.05) is 24.3 Å². The summed E-state index contributed by atoms with van der Waals surface area (Å²) < 4.78 is 15.3. The summed E-state index contributed by atoms with van der Waals surface area (Å²) in [5.41, 5.74) is 2.94. The van der Waals surface area contributed by atoms with E-state index >= 15 is 0 Å². The number of carbonyl (C=O) groups excluding carboxylic acids is 1. The van der Waals surface area contributed by atoms with E-state index in [1.54, 1.807) is 12.1 Å². The van der Waals surface area contributed by atoms with Gasteiger partial charge >= 0.3 is 0 Å². The molecule has 5 nitrogen and oxygen atoms in total. The fraction of sp³-hybridized carbons (Fsp3) is 0.391. The number of rotatable bonds is 8. The first kappa shape index (κ1) is 19.6. The number of halogens is 1. The molecular weight excluding hydrogens is 367 g/mol. The molecule has 1 fully saturated rings. The smallest absolute Gasteiger partial charge is 0.221 e. The second-order valence-electron chi connectivity index (χ2n) is 7.62. The van der Waals surface area contributed by atoms with E-state index in [0.29, 0.717) is 25.9 Å². The van der Waals surface area contributed by atoms with E-state index < -0.39 is 0 Å². The van der Waals surface area contributed by atoms with Gasteiger partial charge < -0.3 is 14.8 Å². The van der Waals surface area contributed by atoms with Crippen LogP contribution < -0.4 is 5.32 Å². The van der Waals surface area contributed by atoms with Crippen LogP contribution in [0.15, 0.2) is 48.5 Å². The predicted molar refractivity (Wildman–Crippen MR) is 112 cm³/mol. The Morgan fingerprint density at radius 3 is 2.59 bits per heavy atom. The summed E-state index contributed by atoms with van der Waals surface area (Å²) in [5, 5.41) is 3.04. The van der Waals surface area contributed by atoms with Crippen molar-refractivity contribution >= 4 is 16.9 Å². The second-order valence-corrected chi connectivity index (χ2v) is 7.62. The number of imidazole rings is 1. The maximum Gasteiger partial charge on any atom is 0.221 e. The van der Waals surface area contributed by atoms with Crippen molar-refractivity contribution in [2.24, 2.45) is 0 Å². The molecule has 3 aromatic rings. The van der Waals surface area contributed by atoms with E-state index in [2.05, 4.69) is 14.8 Å². The summed E-state index contributed by atoms with van der Waals surface area (Å²) in [5.74, 6) is 0.713. The number of nitrogens with zero attached hydrogens (tertiary/aromatic N) is 3. The summed E-state index contributed by atoms with van der Waals surface area (Å²) in [6, 6.07) is 14.5. The molecule has 0 spiro atoms. The van der Waals surface area contributed by atoms with Gasteiger partial charge in [0.2, 0.25) is 5.91 Å². The van der Waals surface area contributed by atoms with Gasteiger partial charge in [-0.15, -0.1) is 0 Å². The molecule has 0 atom stereocenters. The third-order valence-electron chi connectivity index (χ3n) is 5.52. The van der Waals surface area contributed by atoms with Crippen LogP contribution in [-0.2, 0) is 17.8 Å². The van der Waals surface area contributed by atoms with E-state index in [4.69, 9.17) is 4.98 Å². The van der Waals surface area contributed by atoms with Crippen LogP contribution in [0.4, 0.5) is 4.39 Å². The minimum Gasteiger partial charge on any atom is -0.355 e. The van der Waals surface area contributed by atoms with Gasteiger partial charge in [0.15, 0.2) is 0 Å². The fourth-order valence-corrected chi connectivity index (χ4v) is 3.96. The first-order valence-corrected chi connectivity index (χ1v) is 10.4. The number of fused-ring (bicyclic) bond motifs is 1. The molecule has 0 bridgehead atoms. The topological polar surface area (TPSA) is 50.2 Å². The zero-order chi connectivity index (χ0) is 20.1. The molecule has 2 aromatic carbocycles. The molecule has 1 aromatic heterocycles. The summed E-state index contributed by atoms with van der Waals surface area (Å²) in [6.45, 7) is 4.49. The Balaban J connectivity index is 1.41. The first-order chi connectivity index (χ1) is 14.2. The van der Waals surface area contributed by atoms with Gasteiger partial charge in [0.1, 0.15) is 11.6 Å².